The zero-order chi connectivity index (χ0) is 9.84. The Kier molecular flexibility index (Phi) is 7.41. The predicted octanol–water partition coefficient (Wildman–Crippen LogP) is -1.87. The fraction of sp³-hybridized carbons (Fsp3) is 0.125. The van der Waals surface area contributed by atoms with E-state index >= 15 is 0 Å². The van der Waals surface area contributed by atoms with Crippen molar-refractivity contribution in [2.45, 2.75) is 0 Å². The minimum atomic E-state index is -1.31. The van der Waals surface area contributed by atoms with Crippen LogP contribution in [0.1, 0.15) is 0 Å². The number of hydrogen-bond donors (Lipinski definition) is 0. The molecule has 70 valence electrons. The Hall–Kier alpha value is 0.706. The average molecular weight is 259 g/mol. The molecule has 3 nitrogen and oxygen atoms in total. The van der Waals surface area contributed by atoms with E-state index in [-0.39, 0.29) is 57.1 Å². The third kappa shape index (κ3) is 4.98. The van der Waals surface area contributed by atoms with Crippen molar-refractivity contribution in [1.29, 1.82) is 0 Å². The molecule has 0 bridgehead atoms. The molecular weight excluding hydrogens is 254 g/mol. The second kappa shape index (κ2) is 7.06. The molecule has 0 spiro atoms. The summed E-state index contributed by atoms with van der Waals surface area (Å²) in [6.07, 6.45) is 0. The molecular formula is C8H5Cl2KO3. The molecule has 0 aliphatic heterocycles. The smallest absolute Gasteiger partial charge is 0.546 e. The maximum absolute atomic E-state index is 10.1. The molecule has 0 heterocycles. The Morgan fingerprint density at radius 3 is 2.64 bits per heavy atom. The number of ether oxygens (including phenoxy) is 1. The van der Waals surface area contributed by atoms with Crippen molar-refractivity contribution in [2.75, 3.05) is 6.61 Å². The second-order valence-electron chi connectivity index (χ2n) is 2.24. The summed E-state index contributed by atoms with van der Waals surface area (Å²) in [4.78, 5) is 10.1. The van der Waals surface area contributed by atoms with Gasteiger partial charge in [0.2, 0.25) is 0 Å². The average Bonchev–Trinajstić information content (AvgIpc) is 2.06. The van der Waals surface area contributed by atoms with E-state index in [4.69, 9.17) is 27.9 Å². The van der Waals surface area contributed by atoms with E-state index in [0.717, 1.165) is 0 Å². The van der Waals surface area contributed by atoms with Crippen LogP contribution in [0.4, 0.5) is 0 Å². The van der Waals surface area contributed by atoms with Crippen LogP contribution in [0.25, 0.3) is 0 Å². The van der Waals surface area contributed by atoms with Crippen LogP contribution >= 0.6 is 23.2 Å². The minimum Gasteiger partial charge on any atom is -0.546 e. The summed E-state index contributed by atoms with van der Waals surface area (Å²) in [5, 5.41) is 10.8. The number of halogens is 2. The van der Waals surface area contributed by atoms with Gasteiger partial charge in [-0.3, -0.25) is 0 Å². The van der Waals surface area contributed by atoms with Gasteiger partial charge >= 0.3 is 51.4 Å². The van der Waals surface area contributed by atoms with Crippen LogP contribution in [0.3, 0.4) is 0 Å². The molecule has 0 N–H and O–H groups in total. The van der Waals surface area contributed by atoms with Gasteiger partial charge in [-0.1, -0.05) is 23.2 Å². The first-order valence-corrected chi connectivity index (χ1v) is 4.13. The van der Waals surface area contributed by atoms with Crippen molar-refractivity contribution in [3.05, 3.63) is 28.2 Å². The molecule has 1 aromatic carbocycles. The molecule has 0 atom stereocenters. The molecule has 0 saturated heterocycles. The van der Waals surface area contributed by atoms with Crippen LogP contribution < -0.4 is 61.2 Å². The molecule has 0 aromatic heterocycles. The van der Waals surface area contributed by atoms with E-state index in [2.05, 4.69) is 0 Å². The molecule has 6 heteroatoms. The largest absolute Gasteiger partial charge is 1.00 e. The maximum atomic E-state index is 10.1. The van der Waals surface area contributed by atoms with Crippen LogP contribution in [-0.2, 0) is 4.79 Å². The number of rotatable bonds is 3. The minimum absolute atomic E-state index is 0. The van der Waals surface area contributed by atoms with Crippen LogP contribution in [0.15, 0.2) is 18.2 Å². The molecule has 0 radical (unpaired) electrons. The van der Waals surface area contributed by atoms with Gasteiger partial charge in [0, 0.05) is 11.1 Å². The topological polar surface area (TPSA) is 49.4 Å². The molecule has 0 aliphatic rings. The monoisotopic (exact) mass is 258 g/mol. The SMILES string of the molecule is O=C([O-])COc1cc(Cl)ccc1Cl.[K+]. The Morgan fingerprint density at radius 2 is 2.07 bits per heavy atom. The van der Waals surface area contributed by atoms with Crippen molar-refractivity contribution in [2.24, 2.45) is 0 Å². The van der Waals surface area contributed by atoms with Gasteiger partial charge < -0.3 is 14.6 Å². The first kappa shape index (κ1) is 14.7. The number of carbonyl (C=O) groups is 1. The van der Waals surface area contributed by atoms with E-state index in [1.165, 1.54) is 12.1 Å². The van der Waals surface area contributed by atoms with Gasteiger partial charge in [0.1, 0.15) is 12.4 Å². The van der Waals surface area contributed by atoms with Gasteiger partial charge in [0.05, 0.1) is 11.0 Å². The molecule has 0 amide bonds. The summed E-state index contributed by atoms with van der Waals surface area (Å²) in [6, 6.07) is 4.54. The normalized spacial score (nSPS) is 9.00. The van der Waals surface area contributed by atoms with E-state index in [1.807, 2.05) is 0 Å². The number of carbonyl (C=O) groups excluding carboxylic acids is 1. The molecule has 0 fully saturated rings. The zero-order valence-corrected chi connectivity index (χ0v) is 12.1. The third-order valence-electron chi connectivity index (χ3n) is 1.24. The molecule has 1 aromatic rings. The van der Waals surface area contributed by atoms with E-state index in [9.17, 15) is 9.90 Å². The van der Waals surface area contributed by atoms with Gasteiger partial charge in [-0.25, -0.2) is 0 Å². The van der Waals surface area contributed by atoms with E-state index in [0.29, 0.717) is 10.0 Å². The molecule has 1 rings (SSSR count). The molecule has 0 aliphatic carbocycles. The maximum Gasteiger partial charge on any atom is 1.00 e. The Balaban J connectivity index is 0.00000169. The van der Waals surface area contributed by atoms with Crippen molar-refractivity contribution < 1.29 is 66.0 Å². The Morgan fingerprint density at radius 1 is 1.43 bits per heavy atom. The third-order valence-corrected chi connectivity index (χ3v) is 1.79. The van der Waals surface area contributed by atoms with E-state index < -0.39 is 12.6 Å². The first-order valence-electron chi connectivity index (χ1n) is 3.37. The predicted molar refractivity (Wildman–Crippen MR) is 47.0 cm³/mol. The summed E-state index contributed by atoms with van der Waals surface area (Å²) >= 11 is 11.3. The Labute approximate surface area is 134 Å². The summed E-state index contributed by atoms with van der Waals surface area (Å²) in [5.41, 5.74) is 0. The summed E-state index contributed by atoms with van der Waals surface area (Å²) in [7, 11) is 0. The summed E-state index contributed by atoms with van der Waals surface area (Å²) in [5.74, 6) is -1.07. The van der Waals surface area contributed by atoms with Crippen molar-refractivity contribution >= 4 is 29.2 Å². The van der Waals surface area contributed by atoms with Gasteiger partial charge in [-0.2, -0.15) is 0 Å². The van der Waals surface area contributed by atoms with Crippen LogP contribution in [0.2, 0.25) is 10.0 Å². The quantitative estimate of drug-likeness (QED) is 0.597. The fourth-order valence-electron chi connectivity index (χ4n) is 0.724. The zero-order valence-electron chi connectivity index (χ0n) is 7.42. The number of carboxylic acids is 1. The van der Waals surface area contributed by atoms with Gasteiger partial charge in [0.25, 0.3) is 0 Å². The van der Waals surface area contributed by atoms with Gasteiger partial charge in [-0.15, -0.1) is 0 Å². The summed E-state index contributed by atoms with van der Waals surface area (Å²) in [6.45, 7) is -0.542. The number of hydrogen-bond acceptors (Lipinski definition) is 3. The van der Waals surface area contributed by atoms with Crippen molar-refractivity contribution in [1.82, 2.24) is 0 Å². The number of aliphatic carboxylic acids is 1. The van der Waals surface area contributed by atoms with Crippen molar-refractivity contribution in [3.8, 4) is 5.75 Å². The summed E-state index contributed by atoms with van der Waals surface area (Å²) < 4.78 is 4.80. The molecule has 0 saturated carbocycles. The van der Waals surface area contributed by atoms with Crippen molar-refractivity contribution in [3.63, 3.8) is 0 Å². The van der Waals surface area contributed by atoms with Gasteiger partial charge in [-0.05, 0) is 12.1 Å². The van der Waals surface area contributed by atoms with Crippen LogP contribution in [0.5, 0.6) is 5.75 Å². The van der Waals surface area contributed by atoms with Gasteiger partial charge in [0.15, 0.2) is 0 Å². The molecule has 14 heavy (non-hydrogen) atoms. The standard InChI is InChI=1S/C8H6Cl2O3.K/c9-5-1-2-6(10)7(3-5)13-4-8(11)12;/h1-3H,4H2,(H,11,12);/q;+1/p-1. The number of carboxylic acid groups (broad SMARTS) is 1. The first-order chi connectivity index (χ1) is 6.09. The van der Waals surface area contributed by atoms with Crippen LogP contribution in [0, 0.1) is 0 Å². The second-order valence-corrected chi connectivity index (χ2v) is 3.08. The molecule has 0 unspecified atom stereocenters. The Bertz CT molecular complexity index is 330. The number of benzene rings is 1. The fourth-order valence-corrected chi connectivity index (χ4v) is 1.06. The van der Waals surface area contributed by atoms with Crippen LogP contribution in [-0.4, -0.2) is 12.6 Å². The van der Waals surface area contributed by atoms with E-state index in [1.54, 1.807) is 6.07 Å².